The van der Waals surface area contributed by atoms with Crippen LogP contribution in [0.1, 0.15) is 100 Å². The number of nitrogens with zero attached hydrogens (tertiary/aromatic N) is 3. The minimum atomic E-state index is -0.371. The van der Waals surface area contributed by atoms with Crippen molar-refractivity contribution in [2.45, 2.75) is 89.4 Å². The lowest BCUT2D eigenvalue weighted by atomic mass is 9.95. The predicted molar refractivity (Wildman–Crippen MR) is 161 cm³/mol. The molecule has 0 atom stereocenters. The van der Waals surface area contributed by atoms with Gasteiger partial charge in [0.2, 0.25) is 5.91 Å². The van der Waals surface area contributed by atoms with Gasteiger partial charge in [-0.1, -0.05) is 48.7 Å². The van der Waals surface area contributed by atoms with Crippen molar-refractivity contribution in [1.82, 2.24) is 20.1 Å². The number of ether oxygens (including phenoxy) is 1. The van der Waals surface area contributed by atoms with Gasteiger partial charge >= 0.3 is 5.97 Å². The molecule has 1 fully saturated rings. The molecule has 2 heterocycles. The number of hydrogen-bond donors (Lipinski definition) is 2. The lowest BCUT2D eigenvalue weighted by molar-refractivity contribution is -0.113. The zero-order chi connectivity index (χ0) is 28.8. The Morgan fingerprint density at radius 3 is 2.68 bits per heavy atom. The second kappa shape index (κ2) is 13.7. The van der Waals surface area contributed by atoms with Crippen molar-refractivity contribution in [2.75, 3.05) is 17.7 Å². The van der Waals surface area contributed by atoms with Crippen molar-refractivity contribution in [1.29, 1.82) is 0 Å². The highest BCUT2D eigenvalue weighted by Gasteiger charge is 2.28. The number of fused-ring (bicyclic) bond motifs is 1. The van der Waals surface area contributed by atoms with E-state index in [4.69, 9.17) is 4.74 Å². The third kappa shape index (κ3) is 7.01. The molecule has 5 rings (SSSR count). The Balaban J connectivity index is 1.29. The largest absolute Gasteiger partial charge is 0.462 e. The molecule has 0 spiro atoms. The number of hydrogen-bond acceptors (Lipinski definition) is 8. The molecule has 1 saturated carbocycles. The summed E-state index contributed by atoms with van der Waals surface area (Å²) in [6, 6.07) is 7.72. The van der Waals surface area contributed by atoms with E-state index in [0.717, 1.165) is 67.4 Å². The topological polar surface area (TPSA) is 115 Å². The molecule has 0 bridgehead atoms. The van der Waals surface area contributed by atoms with Gasteiger partial charge in [-0.25, -0.2) is 4.79 Å². The summed E-state index contributed by atoms with van der Waals surface area (Å²) in [5.41, 5.74) is 3.17. The molecule has 9 nitrogen and oxygen atoms in total. The lowest BCUT2D eigenvalue weighted by Gasteiger charge is -2.25. The fourth-order valence-electron chi connectivity index (χ4n) is 5.65. The van der Waals surface area contributed by atoms with Gasteiger partial charge in [-0.3, -0.25) is 9.59 Å². The van der Waals surface area contributed by atoms with E-state index in [-0.39, 0.29) is 42.7 Å². The summed E-state index contributed by atoms with van der Waals surface area (Å²) in [6.07, 6.45) is 9.36. The fraction of sp³-hybridized carbons (Fsp3) is 0.500. The number of rotatable bonds is 10. The van der Waals surface area contributed by atoms with Gasteiger partial charge < -0.3 is 19.9 Å². The van der Waals surface area contributed by atoms with Crippen molar-refractivity contribution >= 4 is 45.9 Å². The van der Waals surface area contributed by atoms with Crippen LogP contribution in [0.15, 0.2) is 29.4 Å². The smallest absolute Gasteiger partial charge is 0.341 e. The molecular weight excluding hydrogens is 558 g/mol. The van der Waals surface area contributed by atoms with E-state index in [2.05, 4.69) is 25.4 Å². The summed E-state index contributed by atoms with van der Waals surface area (Å²) in [4.78, 5) is 39.9. The number of aryl methyl sites for hydroxylation is 2. The van der Waals surface area contributed by atoms with Gasteiger partial charge in [-0.05, 0) is 70.1 Å². The molecule has 11 heteroatoms. The Labute approximate surface area is 248 Å². The van der Waals surface area contributed by atoms with Gasteiger partial charge in [0.05, 0.1) is 24.5 Å². The molecule has 0 unspecified atom stereocenters. The van der Waals surface area contributed by atoms with Crippen molar-refractivity contribution in [2.24, 2.45) is 0 Å². The molecule has 2 amide bonds. The van der Waals surface area contributed by atoms with Gasteiger partial charge in [-0.15, -0.1) is 21.5 Å². The van der Waals surface area contributed by atoms with Crippen LogP contribution in [0.5, 0.6) is 0 Å². The first-order valence-corrected chi connectivity index (χ1v) is 16.3. The monoisotopic (exact) mass is 595 g/mol. The Kier molecular flexibility index (Phi) is 9.76. The van der Waals surface area contributed by atoms with E-state index < -0.39 is 0 Å². The van der Waals surface area contributed by atoms with E-state index in [1.807, 2.05) is 25.1 Å². The van der Waals surface area contributed by atoms with Crippen LogP contribution in [-0.4, -0.2) is 44.9 Å². The van der Waals surface area contributed by atoms with Gasteiger partial charge in [0.15, 0.2) is 11.0 Å². The minimum absolute atomic E-state index is 0.130. The molecule has 1 aromatic carbocycles. The summed E-state index contributed by atoms with van der Waals surface area (Å²) in [7, 11) is 0. The highest BCUT2D eigenvalue weighted by molar-refractivity contribution is 7.99. The average molecular weight is 596 g/mol. The van der Waals surface area contributed by atoms with E-state index in [9.17, 15) is 14.4 Å². The van der Waals surface area contributed by atoms with Crippen LogP contribution in [-0.2, 0) is 28.9 Å². The number of nitrogens with one attached hydrogen (secondary N) is 2. The van der Waals surface area contributed by atoms with Gasteiger partial charge in [-0.2, -0.15) is 0 Å². The van der Waals surface area contributed by atoms with Crippen molar-refractivity contribution < 1.29 is 19.1 Å². The number of benzene rings is 1. The minimum Gasteiger partial charge on any atom is -0.462 e. The molecule has 2 aliphatic carbocycles. The Morgan fingerprint density at radius 2 is 1.90 bits per heavy atom. The second-order valence-electron chi connectivity index (χ2n) is 10.6. The average Bonchev–Trinajstić information content (AvgIpc) is 3.56. The SMILES string of the molecule is CCOC(=O)c1c(NC(=O)CSc2nnc(CNC(=O)c3cccc(C)c3)n2C2CCCCC2)sc2c1CCCC2. The summed E-state index contributed by atoms with van der Waals surface area (Å²) < 4.78 is 7.44. The lowest BCUT2D eigenvalue weighted by Crippen LogP contribution is -2.26. The Hall–Kier alpha value is -3.18. The number of carbonyl (C=O) groups is 3. The van der Waals surface area contributed by atoms with Crippen LogP contribution in [0.4, 0.5) is 5.00 Å². The first-order valence-electron chi connectivity index (χ1n) is 14.5. The number of aromatic nitrogens is 3. The maximum absolute atomic E-state index is 13.1. The Bertz CT molecular complexity index is 1410. The van der Waals surface area contributed by atoms with E-state index in [1.165, 1.54) is 29.5 Å². The normalized spacial score (nSPS) is 15.3. The number of anilines is 1. The molecule has 218 valence electrons. The van der Waals surface area contributed by atoms with Crippen LogP contribution < -0.4 is 10.6 Å². The highest BCUT2D eigenvalue weighted by Crippen LogP contribution is 2.39. The molecule has 3 aromatic rings. The van der Waals surface area contributed by atoms with E-state index >= 15 is 0 Å². The maximum Gasteiger partial charge on any atom is 0.341 e. The molecule has 2 aliphatic rings. The quantitative estimate of drug-likeness (QED) is 0.223. The third-order valence-electron chi connectivity index (χ3n) is 7.60. The highest BCUT2D eigenvalue weighted by atomic mass is 32.2. The molecule has 41 heavy (non-hydrogen) atoms. The molecule has 0 aliphatic heterocycles. The van der Waals surface area contributed by atoms with Gasteiger partial charge in [0.25, 0.3) is 5.91 Å². The van der Waals surface area contributed by atoms with E-state index in [0.29, 0.717) is 27.1 Å². The van der Waals surface area contributed by atoms with Crippen LogP contribution in [0.3, 0.4) is 0 Å². The number of thiophene rings is 1. The number of amides is 2. The van der Waals surface area contributed by atoms with E-state index in [1.54, 1.807) is 13.0 Å². The summed E-state index contributed by atoms with van der Waals surface area (Å²) >= 11 is 2.82. The number of esters is 1. The van der Waals surface area contributed by atoms with Crippen LogP contribution in [0.2, 0.25) is 0 Å². The Morgan fingerprint density at radius 1 is 1.10 bits per heavy atom. The number of thioether (sulfide) groups is 1. The second-order valence-corrected chi connectivity index (χ2v) is 12.6. The first-order chi connectivity index (χ1) is 19.9. The van der Waals surface area contributed by atoms with Gasteiger partial charge in [0.1, 0.15) is 5.00 Å². The molecular formula is C30H37N5O4S2. The van der Waals surface area contributed by atoms with Crippen LogP contribution >= 0.6 is 23.1 Å². The maximum atomic E-state index is 13.1. The number of carbonyl (C=O) groups excluding carboxylic acids is 3. The fourth-order valence-corrected chi connectivity index (χ4v) is 7.76. The standard InChI is InChI=1S/C30H37N5O4S2/c1-3-39-29(38)26-22-14-7-8-15-23(22)41-28(26)32-25(36)18-40-30-34-33-24(35(30)21-12-5-4-6-13-21)17-31-27(37)20-11-9-10-19(2)16-20/h9-11,16,21H,3-8,12-15,17-18H2,1-2H3,(H,31,37)(H,32,36). The van der Waals surface area contributed by atoms with Gasteiger partial charge in [0, 0.05) is 16.5 Å². The zero-order valence-corrected chi connectivity index (χ0v) is 25.3. The molecule has 0 radical (unpaired) electrons. The van der Waals surface area contributed by atoms with Crippen molar-refractivity contribution in [3.63, 3.8) is 0 Å². The third-order valence-corrected chi connectivity index (χ3v) is 9.75. The first kappa shape index (κ1) is 29.3. The zero-order valence-electron chi connectivity index (χ0n) is 23.7. The molecule has 2 N–H and O–H groups in total. The summed E-state index contributed by atoms with van der Waals surface area (Å²) in [5.74, 6) is 0.0921. The predicted octanol–water partition coefficient (Wildman–Crippen LogP) is 5.87. The summed E-state index contributed by atoms with van der Waals surface area (Å²) in [5, 5.41) is 16.1. The molecule has 0 saturated heterocycles. The van der Waals surface area contributed by atoms with Crippen molar-refractivity contribution in [3.8, 4) is 0 Å². The summed E-state index contributed by atoms with van der Waals surface area (Å²) in [6.45, 7) is 4.29. The van der Waals surface area contributed by atoms with Crippen LogP contribution in [0, 0.1) is 6.92 Å². The molecule has 2 aromatic heterocycles. The van der Waals surface area contributed by atoms with Crippen LogP contribution in [0.25, 0.3) is 0 Å². The van der Waals surface area contributed by atoms with Crippen molar-refractivity contribution in [3.05, 3.63) is 57.2 Å².